The van der Waals surface area contributed by atoms with E-state index in [1.165, 1.54) is 24.5 Å². The molecule has 1 saturated heterocycles. The van der Waals surface area contributed by atoms with E-state index in [1.807, 2.05) is 0 Å². The topological polar surface area (TPSA) is 89.7 Å². The minimum Gasteiger partial charge on any atom is -0.490 e. The van der Waals surface area contributed by atoms with Gasteiger partial charge in [0.2, 0.25) is 5.91 Å². The molecular formula is C27H35FN2O4S. The summed E-state index contributed by atoms with van der Waals surface area (Å²) in [5.41, 5.74) is 6.80. The normalized spacial score (nSPS) is 22.1. The minimum atomic E-state index is -3.34. The van der Waals surface area contributed by atoms with E-state index in [1.54, 1.807) is 24.3 Å². The number of benzene rings is 2. The number of likely N-dealkylation sites (tertiary alicyclic amines) is 1. The van der Waals surface area contributed by atoms with Gasteiger partial charge in [0.05, 0.1) is 4.90 Å². The summed E-state index contributed by atoms with van der Waals surface area (Å²) in [6, 6.07) is 10.9. The summed E-state index contributed by atoms with van der Waals surface area (Å²) in [5.74, 6) is 0.762. The van der Waals surface area contributed by atoms with E-state index in [2.05, 4.69) is 4.90 Å². The van der Waals surface area contributed by atoms with Crippen LogP contribution in [-0.2, 0) is 9.84 Å². The number of ether oxygens (including phenoxy) is 1. The number of sulfone groups is 1. The molecule has 0 bridgehead atoms. The van der Waals surface area contributed by atoms with Gasteiger partial charge in [0.15, 0.2) is 9.84 Å². The quantitative estimate of drug-likeness (QED) is 0.573. The second-order valence-electron chi connectivity index (χ2n) is 10.0. The van der Waals surface area contributed by atoms with Crippen molar-refractivity contribution in [2.75, 3.05) is 25.9 Å². The lowest BCUT2D eigenvalue weighted by Crippen LogP contribution is -2.39. The molecule has 0 atom stereocenters. The van der Waals surface area contributed by atoms with Crippen LogP contribution in [0.4, 0.5) is 4.39 Å². The van der Waals surface area contributed by atoms with Crippen LogP contribution in [0.1, 0.15) is 66.8 Å². The van der Waals surface area contributed by atoms with Gasteiger partial charge < -0.3 is 15.4 Å². The lowest BCUT2D eigenvalue weighted by atomic mass is 9.76. The molecule has 2 aromatic rings. The minimum absolute atomic E-state index is 0.162. The Hall–Kier alpha value is -2.45. The fourth-order valence-electron chi connectivity index (χ4n) is 5.42. The molecule has 2 fully saturated rings. The van der Waals surface area contributed by atoms with Crippen molar-refractivity contribution in [1.29, 1.82) is 0 Å². The number of amides is 1. The number of halogens is 1. The van der Waals surface area contributed by atoms with Crippen molar-refractivity contribution < 1.29 is 22.3 Å². The van der Waals surface area contributed by atoms with Gasteiger partial charge in [-0.15, -0.1) is 0 Å². The van der Waals surface area contributed by atoms with Crippen LogP contribution in [0, 0.1) is 11.7 Å². The first-order chi connectivity index (χ1) is 16.7. The molecule has 0 aromatic heterocycles. The first-order valence-electron chi connectivity index (χ1n) is 12.5. The summed E-state index contributed by atoms with van der Waals surface area (Å²) in [6.07, 6.45) is 8.44. The molecule has 190 valence electrons. The molecule has 1 aliphatic carbocycles. The van der Waals surface area contributed by atoms with Crippen molar-refractivity contribution in [2.24, 2.45) is 11.7 Å². The van der Waals surface area contributed by atoms with E-state index in [9.17, 15) is 17.6 Å². The van der Waals surface area contributed by atoms with Gasteiger partial charge in [-0.25, -0.2) is 12.8 Å². The van der Waals surface area contributed by atoms with Crippen molar-refractivity contribution in [3.63, 3.8) is 0 Å². The number of hydrogen-bond donors (Lipinski definition) is 1. The number of hydrogen-bond acceptors (Lipinski definition) is 5. The predicted octanol–water partition coefficient (Wildman–Crippen LogP) is 4.54. The maximum absolute atomic E-state index is 13.1. The summed E-state index contributed by atoms with van der Waals surface area (Å²) in [7, 11) is -3.34. The summed E-state index contributed by atoms with van der Waals surface area (Å²) in [6.45, 7) is 3.07. The maximum Gasteiger partial charge on any atom is 0.248 e. The zero-order chi connectivity index (χ0) is 25.0. The van der Waals surface area contributed by atoms with Gasteiger partial charge in [0.1, 0.15) is 17.7 Å². The third kappa shape index (κ3) is 6.82. The molecule has 0 unspecified atom stereocenters. The Morgan fingerprint density at radius 1 is 1.03 bits per heavy atom. The SMILES string of the molecule is CS(=O)(=O)c1ccc(C(N)=O)c(C2CCC(CCN3CCC(Oc4ccc(F)cc4)CC3)CC2)c1. The highest BCUT2D eigenvalue weighted by Gasteiger charge is 2.27. The molecule has 2 N–H and O–H groups in total. The van der Waals surface area contributed by atoms with Crippen LogP contribution in [0.15, 0.2) is 47.4 Å². The number of nitrogens with zero attached hydrogens (tertiary/aromatic N) is 1. The van der Waals surface area contributed by atoms with Crippen LogP contribution < -0.4 is 10.5 Å². The molecule has 6 nitrogen and oxygen atoms in total. The van der Waals surface area contributed by atoms with Crippen LogP contribution in [-0.4, -0.2) is 51.2 Å². The highest BCUT2D eigenvalue weighted by Crippen LogP contribution is 2.39. The smallest absolute Gasteiger partial charge is 0.248 e. The second kappa shape index (κ2) is 11.1. The molecule has 2 aliphatic rings. The summed E-state index contributed by atoms with van der Waals surface area (Å²) in [4.78, 5) is 14.7. The average molecular weight is 503 g/mol. The van der Waals surface area contributed by atoms with Gasteiger partial charge >= 0.3 is 0 Å². The Bertz CT molecular complexity index is 1120. The van der Waals surface area contributed by atoms with Gasteiger partial charge in [0.25, 0.3) is 0 Å². The van der Waals surface area contributed by atoms with Crippen LogP contribution in [0.2, 0.25) is 0 Å². The van der Waals surface area contributed by atoms with Crippen molar-refractivity contribution in [2.45, 2.75) is 61.9 Å². The fourth-order valence-corrected chi connectivity index (χ4v) is 6.07. The number of carbonyl (C=O) groups is 1. The van der Waals surface area contributed by atoms with E-state index < -0.39 is 15.7 Å². The Balaban J connectivity index is 1.24. The molecular weight excluding hydrogens is 467 g/mol. The van der Waals surface area contributed by atoms with Crippen molar-refractivity contribution in [1.82, 2.24) is 4.90 Å². The van der Waals surface area contributed by atoms with E-state index >= 15 is 0 Å². The van der Waals surface area contributed by atoms with Gasteiger partial charge in [-0.1, -0.05) is 0 Å². The van der Waals surface area contributed by atoms with Gasteiger partial charge in [-0.3, -0.25) is 4.79 Å². The van der Waals surface area contributed by atoms with Gasteiger partial charge in [-0.05, 0) is 111 Å². The lowest BCUT2D eigenvalue weighted by Gasteiger charge is -2.34. The van der Waals surface area contributed by atoms with Crippen LogP contribution >= 0.6 is 0 Å². The fraction of sp³-hybridized carbons (Fsp3) is 0.519. The predicted molar refractivity (Wildman–Crippen MR) is 134 cm³/mol. The highest BCUT2D eigenvalue weighted by atomic mass is 32.2. The highest BCUT2D eigenvalue weighted by molar-refractivity contribution is 7.90. The Morgan fingerprint density at radius 3 is 2.29 bits per heavy atom. The number of carbonyl (C=O) groups excluding carboxylic acids is 1. The molecule has 1 amide bonds. The monoisotopic (exact) mass is 502 g/mol. The Morgan fingerprint density at radius 2 is 1.69 bits per heavy atom. The Kier molecular flexibility index (Phi) is 8.12. The maximum atomic E-state index is 13.1. The molecule has 0 spiro atoms. The van der Waals surface area contributed by atoms with E-state index in [4.69, 9.17) is 10.5 Å². The first kappa shape index (κ1) is 25.6. The number of nitrogens with two attached hydrogens (primary N) is 1. The van der Waals surface area contributed by atoms with Crippen molar-refractivity contribution >= 4 is 15.7 Å². The zero-order valence-electron chi connectivity index (χ0n) is 20.3. The molecule has 8 heteroatoms. The molecule has 35 heavy (non-hydrogen) atoms. The molecule has 1 saturated carbocycles. The average Bonchev–Trinajstić information content (AvgIpc) is 2.84. The molecule has 4 rings (SSSR count). The number of primary amides is 1. The summed E-state index contributed by atoms with van der Waals surface area (Å²) >= 11 is 0. The van der Waals surface area contributed by atoms with E-state index in [0.717, 1.165) is 75.9 Å². The van der Waals surface area contributed by atoms with Crippen molar-refractivity contribution in [3.05, 3.63) is 59.4 Å². The summed E-state index contributed by atoms with van der Waals surface area (Å²) < 4.78 is 43.1. The molecule has 1 aliphatic heterocycles. The Labute approximate surface area is 207 Å². The van der Waals surface area contributed by atoms with Crippen LogP contribution in [0.3, 0.4) is 0 Å². The molecule has 0 radical (unpaired) electrons. The molecule has 2 aromatic carbocycles. The third-order valence-corrected chi connectivity index (χ3v) is 8.62. The van der Waals surface area contributed by atoms with E-state index in [0.29, 0.717) is 11.5 Å². The van der Waals surface area contributed by atoms with Crippen LogP contribution in [0.25, 0.3) is 0 Å². The zero-order valence-corrected chi connectivity index (χ0v) is 21.1. The first-order valence-corrected chi connectivity index (χ1v) is 14.4. The number of piperidine rings is 1. The second-order valence-corrected chi connectivity index (χ2v) is 12.0. The third-order valence-electron chi connectivity index (χ3n) is 7.51. The van der Waals surface area contributed by atoms with Crippen LogP contribution in [0.5, 0.6) is 5.75 Å². The van der Waals surface area contributed by atoms with Crippen molar-refractivity contribution in [3.8, 4) is 5.75 Å². The van der Waals surface area contributed by atoms with Gasteiger partial charge in [0, 0.05) is 24.9 Å². The van der Waals surface area contributed by atoms with E-state index in [-0.39, 0.29) is 22.7 Å². The summed E-state index contributed by atoms with van der Waals surface area (Å²) in [5, 5.41) is 0. The largest absolute Gasteiger partial charge is 0.490 e. The molecule has 1 heterocycles. The standard InChI is InChI=1S/C27H35FN2O4S/c1-35(32,33)24-10-11-25(27(29)31)26(18-24)20-4-2-19(3-5-20)12-15-30-16-13-23(14-17-30)34-22-8-6-21(28)7-9-22/h6-11,18-20,23H,2-5,12-17H2,1H3,(H2,29,31). The number of rotatable bonds is 8. The lowest BCUT2D eigenvalue weighted by molar-refractivity contribution is 0.0951. The van der Waals surface area contributed by atoms with Gasteiger partial charge in [-0.2, -0.15) is 0 Å².